The first-order chi connectivity index (χ1) is 16.8. The summed E-state index contributed by atoms with van der Waals surface area (Å²) < 4.78 is 45.8. The van der Waals surface area contributed by atoms with E-state index in [0.717, 1.165) is 18.6 Å². The minimum Gasteiger partial charge on any atom is -0.493 e. The Kier molecular flexibility index (Phi) is 7.66. The van der Waals surface area contributed by atoms with E-state index in [1.54, 1.807) is 4.90 Å². The molecular weight excluding hydrogens is 461 g/mol. The van der Waals surface area contributed by atoms with Gasteiger partial charge in [0.05, 0.1) is 24.6 Å². The smallest absolute Gasteiger partial charge is 0.416 e. The second-order valence-corrected chi connectivity index (χ2v) is 9.25. The van der Waals surface area contributed by atoms with Gasteiger partial charge in [0, 0.05) is 32.6 Å². The van der Waals surface area contributed by atoms with Crippen LogP contribution >= 0.6 is 0 Å². The van der Waals surface area contributed by atoms with Gasteiger partial charge >= 0.3 is 6.18 Å². The van der Waals surface area contributed by atoms with Crippen molar-refractivity contribution in [2.75, 3.05) is 33.3 Å². The summed E-state index contributed by atoms with van der Waals surface area (Å²) in [5.74, 6) is 0.587. The van der Waals surface area contributed by atoms with E-state index in [-0.39, 0.29) is 28.9 Å². The Morgan fingerprint density at radius 3 is 2.40 bits per heavy atom. The van der Waals surface area contributed by atoms with Crippen molar-refractivity contribution < 1.29 is 27.5 Å². The molecule has 2 aromatic rings. The number of halogens is 3. The number of benzene rings is 1. The average Bonchev–Trinajstić information content (AvgIpc) is 3.32. The normalized spacial score (nSPS) is 17.5. The molecule has 0 unspecified atom stereocenters. The van der Waals surface area contributed by atoms with Crippen LogP contribution in [0.3, 0.4) is 0 Å². The highest BCUT2D eigenvalue weighted by Gasteiger charge is 2.32. The van der Waals surface area contributed by atoms with Gasteiger partial charge in [0.2, 0.25) is 5.91 Å². The third-order valence-electron chi connectivity index (χ3n) is 6.95. The van der Waals surface area contributed by atoms with Gasteiger partial charge in [0.15, 0.2) is 11.4 Å². The van der Waals surface area contributed by atoms with Crippen LogP contribution in [-0.4, -0.2) is 64.7 Å². The van der Waals surface area contributed by atoms with Crippen LogP contribution in [0.15, 0.2) is 30.5 Å². The molecule has 0 N–H and O–H groups in total. The number of alkyl halides is 3. The number of piperazine rings is 1. The van der Waals surface area contributed by atoms with Crippen LogP contribution in [0.25, 0.3) is 5.69 Å². The molecule has 190 valence electrons. The summed E-state index contributed by atoms with van der Waals surface area (Å²) in [6, 6.07) is 4.72. The van der Waals surface area contributed by atoms with Gasteiger partial charge in [-0.25, -0.2) is 4.68 Å². The Bertz CT molecular complexity index is 1040. The first-order valence-corrected chi connectivity index (χ1v) is 12.1. The third-order valence-corrected chi connectivity index (χ3v) is 6.95. The average molecular weight is 493 g/mol. The van der Waals surface area contributed by atoms with E-state index in [1.807, 2.05) is 4.90 Å². The molecule has 1 aromatic heterocycles. The van der Waals surface area contributed by atoms with Gasteiger partial charge in [-0.05, 0) is 30.5 Å². The van der Waals surface area contributed by atoms with Gasteiger partial charge in [-0.1, -0.05) is 38.2 Å². The van der Waals surface area contributed by atoms with E-state index in [0.29, 0.717) is 38.5 Å². The first kappa shape index (κ1) is 25.1. The molecule has 0 bridgehead atoms. The summed E-state index contributed by atoms with van der Waals surface area (Å²) in [5.41, 5.74) is -0.603. The Labute approximate surface area is 202 Å². The van der Waals surface area contributed by atoms with Gasteiger partial charge in [0.25, 0.3) is 5.91 Å². The molecule has 1 saturated heterocycles. The van der Waals surface area contributed by atoms with E-state index in [1.165, 1.54) is 62.2 Å². The van der Waals surface area contributed by atoms with Crippen LogP contribution < -0.4 is 4.74 Å². The lowest BCUT2D eigenvalue weighted by Crippen LogP contribution is -2.50. The molecule has 35 heavy (non-hydrogen) atoms. The number of carbonyl (C=O) groups is 2. The number of methoxy groups -OCH3 is 1. The van der Waals surface area contributed by atoms with Gasteiger partial charge in [-0.2, -0.15) is 18.3 Å². The molecule has 1 aromatic carbocycles. The molecule has 2 heterocycles. The number of nitrogens with zero attached hydrogens (tertiary/aromatic N) is 4. The van der Waals surface area contributed by atoms with E-state index in [9.17, 15) is 22.8 Å². The lowest BCUT2D eigenvalue weighted by molar-refractivity contribution is -0.137. The van der Waals surface area contributed by atoms with Crippen molar-refractivity contribution in [2.24, 2.45) is 5.92 Å². The molecule has 0 spiro atoms. The molecule has 0 atom stereocenters. The Morgan fingerprint density at radius 1 is 1.06 bits per heavy atom. The largest absolute Gasteiger partial charge is 0.493 e. The van der Waals surface area contributed by atoms with Crippen LogP contribution in [0.5, 0.6) is 5.75 Å². The van der Waals surface area contributed by atoms with Crippen molar-refractivity contribution >= 4 is 11.8 Å². The number of hydrogen-bond acceptors (Lipinski definition) is 4. The molecular formula is C25H31F3N4O3. The quantitative estimate of drug-likeness (QED) is 0.594. The van der Waals surface area contributed by atoms with Crippen molar-refractivity contribution in [2.45, 2.75) is 51.1 Å². The van der Waals surface area contributed by atoms with Crippen LogP contribution in [0.2, 0.25) is 0 Å². The lowest BCUT2D eigenvalue weighted by Gasteiger charge is -2.35. The summed E-state index contributed by atoms with van der Waals surface area (Å²) in [6.45, 7) is 1.64. The predicted octanol–water partition coefficient (Wildman–Crippen LogP) is 4.54. The van der Waals surface area contributed by atoms with Crippen molar-refractivity contribution in [1.29, 1.82) is 0 Å². The van der Waals surface area contributed by atoms with Gasteiger partial charge in [0.1, 0.15) is 0 Å². The Balaban J connectivity index is 1.38. The molecule has 2 aliphatic rings. The van der Waals surface area contributed by atoms with E-state index >= 15 is 0 Å². The summed E-state index contributed by atoms with van der Waals surface area (Å²) in [4.78, 5) is 29.2. The molecule has 4 rings (SSSR count). The minimum absolute atomic E-state index is 0.0296. The van der Waals surface area contributed by atoms with Crippen molar-refractivity contribution in [3.63, 3.8) is 0 Å². The lowest BCUT2D eigenvalue weighted by atomic mass is 9.86. The highest BCUT2D eigenvalue weighted by Crippen LogP contribution is 2.31. The highest BCUT2D eigenvalue weighted by atomic mass is 19.4. The summed E-state index contributed by atoms with van der Waals surface area (Å²) >= 11 is 0. The molecule has 7 nitrogen and oxygen atoms in total. The van der Waals surface area contributed by atoms with Crippen molar-refractivity contribution in [1.82, 2.24) is 19.6 Å². The van der Waals surface area contributed by atoms with E-state index < -0.39 is 11.7 Å². The number of rotatable bonds is 6. The zero-order valence-electron chi connectivity index (χ0n) is 19.9. The molecule has 10 heteroatoms. The zero-order valence-corrected chi connectivity index (χ0v) is 19.9. The maximum atomic E-state index is 13.1. The first-order valence-electron chi connectivity index (χ1n) is 12.1. The summed E-state index contributed by atoms with van der Waals surface area (Å²) in [5, 5.41) is 4.24. The maximum Gasteiger partial charge on any atom is 0.416 e. The van der Waals surface area contributed by atoms with E-state index in [2.05, 4.69) is 5.10 Å². The monoisotopic (exact) mass is 492 g/mol. The maximum absolute atomic E-state index is 13.1. The number of ether oxygens (including phenoxy) is 1. The Morgan fingerprint density at radius 2 is 1.74 bits per heavy atom. The van der Waals surface area contributed by atoms with Gasteiger partial charge in [-0.3, -0.25) is 9.59 Å². The fraction of sp³-hybridized carbons (Fsp3) is 0.560. The number of carbonyl (C=O) groups excluding carboxylic acids is 2. The standard InChI is InChI=1S/C25H31F3N4O3/c1-35-21-17-32(20-9-5-8-19(16-20)25(26,27)28)29-23(21)24(34)31-14-12-30(13-15-31)22(33)11-10-18-6-3-2-4-7-18/h5,8-9,16-18H,2-4,6-7,10-15H2,1H3. The van der Waals surface area contributed by atoms with Crippen molar-refractivity contribution in [3.05, 3.63) is 41.7 Å². The van der Waals surface area contributed by atoms with E-state index in [4.69, 9.17) is 4.74 Å². The Hall–Kier alpha value is -3.04. The molecule has 2 fully saturated rings. The van der Waals surface area contributed by atoms with Crippen molar-refractivity contribution in [3.8, 4) is 11.4 Å². The molecule has 1 aliphatic heterocycles. The second-order valence-electron chi connectivity index (χ2n) is 9.25. The van der Waals surface area contributed by atoms with Gasteiger partial charge in [-0.15, -0.1) is 0 Å². The predicted molar refractivity (Wildman–Crippen MR) is 123 cm³/mol. The molecule has 1 aliphatic carbocycles. The van der Waals surface area contributed by atoms with Crippen LogP contribution in [-0.2, 0) is 11.0 Å². The van der Waals surface area contributed by atoms with Crippen LogP contribution in [0.1, 0.15) is 61.0 Å². The molecule has 0 radical (unpaired) electrons. The number of aromatic nitrogens is 2. The fourth-order valence-electron chi connectivity index (χ4n) is 4.88. The highest BCUT2D eigenvalue weighted by molar-refractivity contribution is 5.95. The third kappa shape index (κ3) is 5.97. The number of hydrogen-bond donors (Lipinski definition) is 0. The van der Waals surface area contributed by atoms with Crippen LogP contribution in [0.4, 0.5) is 13.2 Å². The number of amides is 2. The summed E-state index contributed by atoms with van der Waals surface area (Å²) in [6.07, 6.45) is 4.63. The van der Waals surface area contributed by atoms with Crippen LogP contribution in [0, 0.1) is 5.92 Å². The minimum atomic E-state index is -4.49. The summed E-state index contributed by atoms with van der Waals surface area (Å²) in [7, 11) is 1.38. The zero-order chi connectivity index (χ0) is 25.0. The SMILES string of the molecule is COc1cn(-c2cccc(C(F)(F)F)c2)nc1C(=O)N1CCN(C(=O)CCC2CCCCC2)CC1. The van der Waals surface area contributed by atoms with Gasteiger partial charge < -0.3 is 14.5 Å². The topological polar surface area (TPSA) is 67.7 Å². The second kappa shape index (κ2) is 10.7. The molecule has 1 saturated carbocycles. The fourth-order valence-corrected chi connectivity index (χ4v) is 4.88. The molecule has 2 amide bonds.